The first kappa shape index (κ1) is 28.0. The molecule has 0 fully saturated rings. The highest BCUT2D eigenvalue weighted by molar-refractivity contribution is 5.94. The van der Waals surface area contributed by atoms with Crippen LogP contribution in [0.5, 0.6) is 5.75 Å². The molecule has 2 N–H and O–H groups in total. The molecule has 3 aromatic rings. The number of carbonyl (C=O) groups excluding carboxylic acids is 1. The second-order valence-electron chi connectivity index (χ2n) is 9.76. The molecule has 0 aliphatic heterocycles. The first-order valence-corrected chi connectivity index (χ1v) is 13.2. The normalized spacial score (nSPS) is 10.8. The van der Waals surface area contributed by atoms with Gasteiger partial charge >= 0.3 is 5.97 Å². The highest BCUT2D eigenvalue weighted by Crippen LogP contribution is 2.29. The number of benzene rings is 3. The zero-order valence-corrected chi connectivity index (χ0v) is 22.3. The van der Waals surface area contributed by atoms with Crippen molar-refractivity contribution in [2.45, 2.75) is 65.7 Å². The first-order valence-electron chi connectivity index (χ1n) is 13.2. The predicted molar refractivity (Wildman–Crippen MR) is 149 cm³/mol. The van der Waals surface area contributed by atoms with Crippen LogP contribution in [0.25, 0.3) is 11.1 Å². The van der Waals surface area contributed by atoms with E-state index in [1.165, 1.54) is 46.2 Å². The summed E-state index contributed by atoms with van der Waals surface area (Å²) in [6, 6.07) is 20.5. The van der Waals surface area contributed by atoms with Gasteiger partial charge in [-0.05, 0) is 92.1 Å². The maximum atomic E-state index is 12.0. The van der Waals surface area contributed by atoms with Crippen LogP contribution in [-0.2, 0) is 11.2 Å². The molecule has 0 atom stereocenters. The number of hydrogen-bond acceptors (Lipinski definition) is 3. The fraction of sp³-hybridized carbons (Fsp3) is 0.375. The summed E-state index contributed by atoms with van der Waals surface area (Å²) in [5.74, 6) is -0.232. The first-order chi connectivity index (χ1) is 17.8. The number of aryl methyl sites for hydroxylation is 4. The van der Waals surface area contributed by atoms with Crippen molar-refractivity contribution in [2.75, 3.05) is 13.2 Å². The van der Waals surface area contributed by atoms with Gasteiger partial charge in [-0.2, -0.15) is 0 Å². The van der Waals surface area contributed by atoms with Gasteiger partial charge in [0.05, 0.1) is 13.0 Å². The number of rotatable bonds is 14. The van der Waals surface area contributed by atoms with Crippen LogP contribution in [0.1, 0.15) is 71.1 Å². The Morgan fingerprint density at radius 3 is 2.08 bits per heavy atom. The van der Waals surface area contributed by atoms with Crippen LogP contribution in [0.4, 0.5) is 0 Å². The van der Waals surface area contributed by atoms with E-state index in [1.807, 2.05) is 12.1 Å². The molecule has 0 aliphatic rings. The van der Waals surface area contributed by atoms with E-state index in [0.29, 0.717) is 5.56 Å². The maximum absolute atomic E-state index is 12.0. The summed E-state index contributed by atoms with van der Waals surface area (Å²) < 4.78 is 5.96. The lowest BCUT2D eigenvalue weighted by atomic mass is 9.94. The van der Waals surface area contributed by atoms with E-state index in [0.717, 1.165) is 38.0 Å². The minimum Gasteiger partial charge on any atom is -0.494 e. The quantitative estimate of drug-likeness (QED) is 0.232. The molecule has 0 heterocycles. The topological polar surface area (TPSA) is 75.6 Å². The molecule has 37 heavy (non-hydrogen) atoms. The number of amides is 1. The SMILES string of the molecule is Cc1cc(C)c(-c2ccc(OCCCCCCCc3ccc(C(=O)NCCC(=O)O)cc3)cc2)c(C)c1. The Bertz CT molecular complexity index is 1140. The molecule has 0 bridgehead atoms. The van der Waals surface area contributed by atoms with Crippen LogP contribution >= 0.6 is 0 Å². The third kappa shape index (κ3) is 9.09. The smallest absolute Gasteiger partial charge is 0.305 e. The molecule has 0 spiro atoms. The van der Waals surface area contributed by atoms with Crippen molar-refractivity contribution in [1.82, 2.24) is 5.32 Å². The molecular weight excluding hydrogens is 462 g/mol. The lowest BCUT2D eigenvalue weighted by Gasteiger charge is -2.13. The van der Waals surface area contributed by atoms with E-state index in [9.17, 15) is 9.59 Å². The Morgan fingerprint density at radius 2 is 1.43 bits per heavy atom. The fourth-order valence-electron chi connectivity index (χ4n) is 4.71. The van der Waals surface area contributed by atoms with E-state index < -0.39 is 5.97 Å². The molecule has 0 aliphatic carbocycles. The van der Waals surface area contributed by atoms with E-state index in [1.54, 1.807) is 12.1 Å². The molecule has 0 aromatic heterocycles. The Kier molecular flexibility index (Phi) is 10.8. The number of aliphatic carboxylic acids is 1. The van der Waals surface area contributed by atoms with Crippen molar-refractivity contribution in [3.05, 3.63) is 88.5 Å². The minimum absolute atomic E-state index is 0.0724. The van der Waals surface area contributed by atoms with Crippen molar-refractivity contribution in [2.24, 2.45) is 0 Å². The third-order valence-electron chi connectivity index (χ3n) is 6.54. The Balaban J connectivity index is 1.28. The monoisotopic (exact) mass is 501 g/mol. The van der Waals surface area contributed by atoms with Gasteiger partial charge in [0, 0.05) is 12.1 Å². The van der Waals surface area contributed by atoms with E-state index in [2.05, 4.69) is 62.5 Å². The van der Waals surface area contributed by atoms with Gasteiger partial charge in [0.15, 0.2) is 0 Å². The molecule has 0 unspecified atom stereocenters. The molecule has 0 radical (unpaired) electrons. The highest BCUT2D eigenvalue weighted by atomic mass is 16.5. The molecule has 3 aromatic carbocycles. The van der Waals surface area contributed by atoms with Crippen LogP contribution in [0.2, 0.25) is 0 Å². The number of ether oxygens (including phenoxy) is 1. The number of nitrogens with one attached hydrogen (secondary N) is 1. The minimum atomic E-state index is -0.919. The second-order valence-corrected chi connectivity index (χ2v) is 9.76. The van der Waals surface area contributed by atoms with Gasteiger partial charge in [-0.25, -0.2) is 0 Å². The maximum Gasteiger partial charge on any atom is 0.305 e. The van der Waals surface area contributed by atoms with Gasteiger partial charge in [-0.15, -0.1) is 0 Å². The lowest BCUT2D eigenvalue weighted by Crippen LogP contribution is -2.25. The van der Waals surface area contributed by atoms with Crippen molar-refractivity contribution in [1.29, 1.82) is 0 Å². The van der Waals surface area contributed by atoms with E-state index in [-0.39, 0.29) is 18.9 Å². The van der Waals surface area contributed by atoms with Gasteiger partial charge in [0.25, 0.3) is 5.91 Å². The zero-order valence-electron chi connectivity index (χ0n) is 22.3. The average Bonchev–Trinajstić information content (AvgIpc) is 2.86. The van der Waals surface area contributed by atoms with Gasteiger partial charge in [-0.3, -0.25) is 9.59 Å². The van der Waals surface area contributed by atoms with Gasteiger partial charge < -0.3 is 15.2 Å². The standard InChI is InChI=1S/C32H39NO4/c1-23-21-24(2)31(25(3)22-23)27-14-16-29(17-15-27)37-20-8-6-4-5-7-9-26-10-12-28(13-11-26)32(36)33-19-18-30(34)35/h10-17,21-22H,4-9,18-20H2,1-3H3,(H,33,36)(H,34,35). The van der Waals surface area contributed by atoms with Crippen molar-refractivity contribution >= 4 is 11.9 Å². The largest absolute Gasteiger partial charge is 0.494 e. The molecule has 0 saturated carbocycles. The average molecular weight is 502 g/mol. The Hall–Kier alpha value is -3.60. The van der Waals surface area contributed by atoms with E-state index >= 15 is 0 Å². The number of carboxylic acid groups (broad SMARTS) is 1. The molecule has 5 heteroatoms. The molecule has 0 saturated heterocycles. The molecular formula is C32H39NO4. The number of carbonyl (C=O) groups is 2. The third-order valence-corrected chi connectivity index (χ3v) is 6.54. The van der Waals surface area contributed by atoms with E-state index in [4.69, 9.17) is 9.84 Å². The summed E-state index contributed by atoms with van der Waals surface area (Å²) in [5.41, 5.74) is 8.23. The van der Waals surface area contributed by atoms with Crippen molar-refractivity contribution in [3.8, 4) is 16.9 Å². The summed E-state index contributed by atoms with van der Waals surface area (Å²) in [6.07, 6.45) is 6.57. The van der Waals surface area contributed by atoms with Gasteiger partial charge in [0.1, 0.15) is 5.75 Å². The van der Waals surface area contributed by atoms with Crippen LogP contribution < -0.4 is 10.1 Å². The summed E-state index contributed by atoms with van der Waals surface area (Å²) in [5, 5.41) is 11.3. The van der Waals surface area contributed by atoms with Crippen LogP contribution in [0.3, 0.4) is 0 Å². The summed E-state index contributed by atoms with van der Waals surface area (Å²) in [4.78, 5) is 22.5. The van der Waals surface area contributed by atoms with Crippen molar-refractivity contribution < 1.29 is 19.4 Å². The summed E-state index contributed by atoms with van der Waals surface area (Å²) >= 11 is 0. The number of carboxylic acids is 1. The number of hydrogen-bond donors (Lipinski definition) is 2. The molecule has 1 amide bonds. The zero-order chi connectivity index (χ0) is 26.6. The predicted octanol–water partition coefficient (Wildman–Crippen LogP) is 7.06. The highest BCUT2D eigenvalue weighted by Gasteiger charge is 2.08. The summed E-state index contributed by atoms with van der Waals surface area (Å²) in [6.45, 7) is 7.35. The molecule has 196 valence electrons. The second kappa shape index (κ2) is 14.2. The molecule has 5 nitrogen and oxygen atoms in total. The molecule has 3 rings (SSSR count). The lowest BCUT2D eigenvalue weighted by molar-refractivity contribution is -0.136. The fourth-order valence-corrected chi connectivity index (χ4v) is 4.71. The van der Waals surface area contributed by atoms with Crippen LogP contribution in [0.15, 0.2) is 60.7 Å². The van der Waals surface area contributed by atoms with Gasteiger partial charge in [-0.1, -0.05) is 61.2 Å². The Morgan fingerprint density at radius 1 is 0.811 bits per heavy atom. The van der Waals surface area contributed by atoms with Crippen LogP contribution in [0, 0.1) is 20.8 Å². The van der Waals surface area contributed by atoms with Crippen molar-refractivity contribution in [3.63, 3.8) is 0 Å². The Labute approximate surface area is 220 Å². The summed E-state index contributed by atoms with van der Waals surface area (Å²) in [7, 11) is 0. The number of unbranched alkanes of at least 4 members (excludes halogenated alkanes) is 4. The van der Waals surface area contributed by atoms with Gasteiger partial charge in [0.2, 0.25) is 0 Å². The van der Waals surface area contributed by atoms with Crippen LogP contribution in [-0.4, -0.2) is 30.1 Å².